The van der Waals surface area contributed by atoms with Gasteiger partial charge in [-0.05, 0) is 24.5 Å². The van der Waals surface area contributed by atoms with Crippen molar-refractivity contribution in [2.24, 2.45) is 0 Å². The van der Waals surface area contributed by atoms with Crippen LogP contribution < -0.4 is 4.90 Å². The van der Waals surface area contributed by atoms with E-state index in [0.29, 0.717) is 0 Å². The Kier molecular flexibility index (Phi) is 3.27. The molecule has 1 fully saturated rings. The lowest BCUT2D eigenvalue weighted by Crippen LogP contribution is -2.19. The zero-order chi connectivity index (χ0) is 14.9. The molecule has 1 aromatic carbocycles. The Morgan fingerprint density at radius 2 is 2.00 bits per heavy atom. The van der Waals surface area contributed by atoms with Crippen molar-refractivity contribution in [3.05, 3.63) is 48.4 Å². The van der Waals surface area contributed by atoms with Gasteiger partial charge in [0.25, 0.3) is 0 Å². The number of aliphatic hydroxyl groups is 1. The monoisotopic (exact) mass is 294 g/mol. The summed E-state index contributed by atoms with van der Waals surface area (Å²) in [6.45, 7) is 2.15. The van der Waals surface area contributed by atoms with Gasteiger partial charge < -0.3 is 10.0 Å². The highest BCUT2D eigenvalue weighted by Crippen LogP contribution is 2.27. The van der Waals surface area contributed by atoms with Crippen LogP contribution in [0.3, 0.4) is 0 Å². The summed E-state index contributed by atoms with van der Waals surface area (Å²) in [5.41, 5.74) is 3.88. The number of hydrogen-bond acceptors (Lipinski definition) is 4. The Morgan fingerprint density at radius 1 is 1.14 bits per heavy atom. The first-order chi connectivity index (χ1) is 10.9. The standard InChI is InChI=1S/C17H18N4O/c22-12-13-4-3-5-14(10-13)15-11-19-17-16(18-6-9-21(15)17)20-7-1-2-8-20/h3-6,9-11,22H,1-2,7-8,12H2. The van der Waals surface area contributed by atoms with Gasteiger partial charge in [-0.25, -0.2) is 9.97 Å². The van der Waals surface area contributed by atoms with Crippen molar-refractivity contribution in [3.63, 3.8) is 0 Å². The second-order valence-corrected chi connectivity index (χ2v) is 5.64. The second kappa shape index (κ2) is 5.42. The third-order valence-corrected chi connectivity index (χ3v) is 4.22. The summed E-state index contributed by atoms with van der Waals surface area (Å²) in [7, 11) is 0. The number of imidazole rings is 1. The summed E-state index contributed by atoms with van der Waals surface area (Å²) in [5, 5.41) is 9.32. The summed E-state index contributed by atoms with van der Waals surface area (Å²) >= 11 is 0. The van der Waals surface area contributed by atoms with Gasteiger partial charge in [0.15, 0.2) is 11.5 Å². The van der Waals surface area contributed by atoms with E-state index in [9.17, 15) is 5.11 Å². The largest absolute Gasteiger partial charge is 0.392 e. The maximum absolute atomic E-state index is 9.32. The van der Waals surface area contributed by atoms with Gasteiger partial charge in [0.2, 0.25) is 0 Å². The predicted octanol–water partition coefficient (Wildman–Crippen LogP) is 2.49. The molecular weight excluding hydrogens is 276 g/mol. The van der Waals surface area contributed by atoms with Crippen molar-refractivity contribution >= 4 is 11.5 Å². The topological polar surface area (TPSA) is 53.7 Å². The van der Waals surface area contributed by atoms with Crippen LogP contribution in [0.25, 0.3) is 16.9 Å². The lowest BCUT2D eigenvalue weighted by atomic mass is 10.1. The van der Waals surface area contributed by atoms with E-state index < -0.39 is 0 Å². The molecule has 1 aliphatic rings. The van der Waals surface area contributed by atoms with Gasteiger partial charge in [-0.1, -0.05) is 18.2 Å². The molecule has 0 amide bonds. The smallest absolute Gasteiger partial charge is 0.180 e. The van der Waals surface area contributed by atoms with Crippen LogP contribution in [0.4, 0.5) is 5.82 Å². The number of hydrogen-bond donors (Lipinski definition) is 1. The average Bonchev–Trinajstić information content (AvgIpc) is 3.24. The van der Waals surface area contributed by atoms with Gasteiger partial charge in [0, 0.05) is 31.0 Å². The van der Waals surface area contributed by atoms with Crippen molar-refractivity contribution in [1.82, 2.24) is 14.4 Å². The molecule has 0 saturated carbocycles. The molecule has 2 aromatic heterocycles. The minimum atomic E-state index is 0.0468. The molecule has 22 heavy (non-hydrogen) atoms. The highest BCUT2D eigenvalue weighted by atomic mass is 16.3. The van der Waals surface area contributed by atoms with Crippen LogP contribution in [0, 0.1) is 0 Å². The Morgan fingerprint density at radius 3 is 2.82 bits per heavy atom. The number of anilines is 1. The van der Waals surface area contributed by atoms with E-state index in [-0.39, 0.29) is 6.61 Å². The molecule has 0 bridgehead atoms. The van der Waals surface area contributed by atoms with Crippen molar-refractivity contribution in [2.45, 2.75) is 19.4 Å². The van der Waals surface area contributed by atoms with Crippen LogP contribution >= 0.6 is 0 Å². The molecule has 0 unspecified atom stereocenters. The Labute approximate surface area is 128 Å². The molecule has 0 aliphatic carbocycles. The van der Waals surface area contributed by atoms with Gasteiger partial charge in [-0.15, -0.1) is 0 Å². The summed E-state index contributed by atoms with van der Waals surface area (Å²) in [4.78, 5) is 11.4. The van der Waals surface area contributed by atoms with Crippen LogP contribution in [0.5, 0.6) is 0 Å². The zero-order valence-electron chi connectivity index (χ0n) is 12.3. The van der Waals surface area contributed by atoms with E-state index in [1.54, 1.807) is 0 Å². The van der Waals surface area contributed by atoms with Crippen molar-refractivity contribution in [3.8, 4) is 11.3 Å². The van der Waals surface area contributed by atoms with Crippen LogP contribution in [-0.4, -0.2) is 32.6 Å². The summed E-state index contributed by atoms with van der Waals surface area (Å²) in [6, 6.07) is 7.92. The molecule has 1 N–H and O–H groups in total. The third-order valence-electron chi connectivity index (χ3n) is 4.22. The number of nitrogens with zero attached hydrogens (tertiary/aromatic N) is 4. The Bertz CT molecular complexity index is 805. The first-order valence-corrected chi connectivity index (χ1v) is 7.64. The van der Waals surface area contributed by atoms with Crippen molar-refractivity contribution in [1.29, 1.82) is 0 Å². The minimum Gasteiger partial charge on any atom is -0.392 e. The van der Waals surface area contributed by atoms with Crippen LogP contribution in [0.2, 0.25) is 0 Å². The quantitative estimate of drug-likeness (QED) is 0.806. The summed E-state index contributed by atoms with van der Waals surface area (Å²) in [6.07, 6.45) is 8.10. The molecule has 3 aromatic rings. The fourth-order valence-electron chi connectivity index (χ4n) is 3.10. The van der Waals surface area contributed by atoms with Gasteiger partial charge in [-0.2, -0.15) is 0 Å². The number of aromatic nitrogens is 3. The molecule has 5 nitrogen and oxygen atoms in total. The highest BCUT2D eigenvalue weighted by molar-refractivity contribution is 5.71. The fourth-order valence-corrected chi connectivity index (χ4v) is 3.10. The fraction of sp³-hybridized carbons (Fsp3) is 0.294. The molecule has 0 atom stereocenters. The lowest BCUT2D eigenvalue weighted by molar-refractivity contribution is 0.282. The highest BCUT2D eigenvalue weighted by Gasteiger charge is 2.18. The van der Waals surface area contributed by atoms with Gasteiger partial charge in [-0.3, -0.25) is 4.40 Å². The molecular formula is C17H18N4O. The Hall–Kier alpha value is -2.40. The maximum atomic E-state index is 9.32. The first kappa shape index (κ1) is 13.3. The van der Waals surface area contributed by atoms with E-state index in [4.69, 9.17) is 0 Å². The van der Waals surface area contributed by atoms with Crippen LogP contribution in [0.15, 0.2) is 42.9 Å². The average molecular weight is 294 g/mol. The van der Waals surface area contributed by atoms with E-state index in [2.05, 4.69) is 19.3 Å². The lowest BCUT2D eigenvalue weighted by Gasteiger charge is -2.16. The summed E-state index contributed by atoms with van der Waals surface area (Å²) < 4.78 is 2.08. The summed E-state index contributed by atoms with van der Waals surface area (Å²) in [5.74, 6) is 0.963. The molecule has 0 spiro atoms. The van der Waals surface area contributed by atoms with Crippen LogP contribution in [0.1, 0.15) is 18.4 Å². The molecule has 1 aliphatic heterocycles. The van der Waals surface area contributed by atoms with Crippen molar-refractivity contribution < 1.29 is 5.11 Å². The molecule has 5 heteroatoms. The van der Waals surface area contributed by atoms with Crippen LogP contribution in [-0.2, 0) is 6.61 Å². The number of rotatable bonds is 3. The van der Waals surface area contributed by atoms with E-state index in [0.717, 1.165) is 41.4 Å². The number of aliphatic hydroxyl groups excluding tert-OH is 1. The first-order valence-electron chi connectivity index (χ1n) is 7.64. The minimum absolute atomic E-state index is 0.0468. The SMILES string of the molecule is OCc1cccc(-c2cnc3c(N4CCCC4)nccn23)c1. The van der Waals surface area contributed by atoms with E-state index in [1.807, 2.05) is 42.9 Å². The molecule has 1 saturated heterocycles. The van der Waals surface area contributed by atoms with E-state index >= 15 is 0 Å². The van der Waals surface area contributed by atoms with Gasteiger partial charge in [0.05, 0.1) is 18.5 Å². The zero-order valence-corrected chi connectivity index (χ0v) is 12.3. The predicted molar refractivity (Wildman–Crippen MR) is 85.8 cm³/mol. The number of benzene rings is 1. The molecule has 4 rings (SSSR count). The third kappa shape index (κ3) is 2.14. The number of fused-ring (bicyclic) bond motifs is 1. The molecule has 3 heterocycles. The molecule has 0 radical (unpaired) electrons. The second-order valence-electron chi connectivity index (χ2n) is 5.64. The van der Waals surface area contributed by atoms with Gasteiger partial charge in [0.1, 0.15) is 0 Å². The Balaban J connectivity index is 1.84. The van der Waals surface area contributed by atoms with E-state index in [1.165, 1.54) is 12.8 Å². The normalized spacial score (nSPS) is 14.9. The maximum Gasteiger partial charge on any atom is 0.180 e. The molecule has 112 valence electrons. The van der Waals surface area contributed by atoms with Gasteiger partial charge >= 0.3 is 0 Å². The van der Waals surface area contributed by atoms with Crippen molar-refractivity contribution in [2.75, 3.05) is 18.0 Å².